The molecule has 1 spiro atoms. The van der Waals surface area contributed by atoms with Crippen molar-refractivity contribution in [2.45, 2.75) is 29.7 Å². The number of nitrogens with zero attached hydrogens (tertiary/aromatic N) is 2. The Morgan fingerprint density at radius 1 is 1.29 bits per heavy atom. The standard InChI is InChI=1S/C18H24N2O3S/c1-19-16(21)13-15(17(22)23)18(19)7-9-20(10-8-18)11-12-24-14-5-3-2-4-6-14/h2-6,15H,7-13H2,1H3,(H,22,23)/t15-/m0/s1. The maximum absolute atomic E-state index is 12.0. The predicted octanol–water partition coefficient (Wildman–Crippen LogP) is 2.18. The van der Waals surface area contributed by atoms with Gasteiger partial charge in [0, 0.05) is 43.8 Å². The van der Waals surface area contributed by atoms with Crippen LogP contribution in [0.25, 0.3) is 0 Å². The first kappa shape index (κ1) is 17.3. The van der Waals surface area contributed by atoms with E-state index in [-0.39, 0.29) is 12.3 Å². The zero-order chi connectivity index (χ0) is 17.2. The lowest BCUT2D eigenvalue weighted by molar-refractivity contribution is -0.146. The minimum absolute atomic E-state index is 0.0320. The van der Waals surface area contributed by atoms with Crippen molar-refractivity contribution < 1.29 is 14.7 Å². The summed E-state index contributed by atoms with van der Waals surface area (Å²) in [5.74, 6) is -0.402. The van der Waals surface area contributed by atoms with E-state index in [1.54, 1.807) is 11.9 Å². The normalized spacial score (nSPS) is 23.8. The van der Waals surface area contributed by atoms with Gasteiger partial charge in [0.25, 0.3) is 0 Å². The van der Waals surface area contributed by atoms with Gasteiger partial charge in [0.05, 0.1) is 11.5 Å². The van der Waals surface area contributed by atoms with Gasteiger partial charge in [-0.3, -0.25) is 9.59 Å². The second kappa shape index (κ2) is 7.15. The van der Waals surface area contributed by atoms with E-state index in [4.69, 9.17) is 0 Å². The van der Waals surface area contributed by atoms with Gasteiger partial charge in [0.15, 0.2) is 0 Å². The van der Waals surface area contributed by atoms with Gasteiger partial charge < -0.3 is 14.9 Å². The van der Waals surface area contributed by atoms with Crippen LogP contribution in [0.4, 0.5) is 0 Å². The Kier molecular flexibility index (Phi) is 5.15. The number of aliphatic carboxylic acids is 1. The molecule has 2 heterocycles. The summed E-state index contributed by atoms with van der Waals surface area (Å²) in [4.78, 5) is 29.0. The summed E-state index contributed by atoms with van der Waals surface area (Å²) >= 11 is 1.84. The number of hydrogen-bond donors (Lipinski definition) is 1. The molecule has 1 N–H and O–H groups in total. The van der Waals surface area contributed by atoms with Crippen LogP contribution in [0.5, 0.6) is 0 Å². The van der Waals surface area contributed by atoms with Crippen molar-refractivity contribution in [2.75, 3.05) is 32.4 Å². The second-order valence-electron chi connectivity index (χ2n) is 6.65. The van der Waals surface area contributed by atoms with Crippen molar-refractivity contribution in [2.24, 2.45) is 5.92 Å². The Morgan fingerprint density at radius 3 is 2.58 bits per heavy atom. The van der Waals surface area contributed by atoms with Gasteiger partial charge >= 0.3 is 5.97 Å². The molecular weight excluding hydrogens is 324 g/mol. The number of carboxylic acid groups (broad SMARTS) is 1. The van der Waals surface area contributed by atoms with E-state index in [9.17, 15) is 14.7 Å². The highest BCUT2D eigenvalue weighted by Crippen LogP contribution is 2.42. The van der Waals surface area contributed by atoms with E-state index in [1.165, 1.54) is 4.90 Å². The Bertz CT molecular complexity index is 600. The van der Waals surface area contributed by atoms with Gasteiger partial charge in [0.2, 0.25) is 5.91 Å². The molecule has 5 nitrogen and oxygen atoms in total. The Hall–Kier alpha value is -1.53. The molecule has 0 unspecified atom stereocenters. The average Bonchev–Trinajstić information content (AvgIpc) is 2.83. The van der Waals surface area contributed by atoms with Crippen LogP contribution in [0, 0.1) is 5.92 Å². The third-order valence-electron chi connectivity index (χ3n) is 5.51. The third kappa shape index (κ3) is 3.30. The Labute approximate surface area is 147 Å². The number of carboxylic acids is 1. The smallest absolute Gasteiger partial charge is 0.309 e. The number of carbonyl (C=O) groups is 2. The largest absolute Gasteiger partial charge is 0.481 e. The summed E-state index contributed by atoms with van der Waals surface area (Å²) in [5, 5.41) is 9.50. The van der Waals surface area contributed by atoms with Crippen LogP contribution in [0.1, 0.15) is 19.3 Å². The topological polar surface area (TPSA) is 60.9 Å². The average molecular weight is 348 g/mol. The zero-order valence-corrected chi connectivity index (χ0v) is 14.8. The third-order valence-corrected chi connectivity index (χ3v) is 6.50. The molecule has 1 aromatic rings. The molecule has 3 rings (SSSR count). The molecule has 24 heavy (non-hydrogen) atoms. The summed E-state index contributed by atoms with van der Waals surface area (Å²) in [5.41, 5.74) is -0.480. The number of likely N-dealkylation sites (tertiary alicyclic amines) is 2. The monoisotopic (exact) mass is 348 g/mol. The molecule has 2 aliphatic rings. The molecule has 0 saturated carbocycles. The first-order valence-corrected chi connectivity index (χ1v) is 9.41. The summed E-state index contributed by atoms with van der Waals surface area (Å²) in [6.07, 6.45) is 1.65. The van der Waals surface area contributed by atoms with E-state index in [0.717, 1.165) is 38.2 Å². The van der Waals surface area contributed by atoms with Crippen molar-refractivity contribution >= 4 is 23.6 Å². The number of carbonyl (C=O) groups excluding carboxylic acids is 1. The van der Waals surface area contributed by atoms with Gasteiger partial charge in [-0.25, -0.2) is 0 Å². The highest BCUT2D eigenvalue weighted by molar-refractivity contribution is 7.99. The van der Waals surface area contributed by atoms with Gasteiger partial charge in [-0.15, -0.1) is 11.8 Å². The Morgan fingerprint density at radius 2 is 1.96 bits per heavy atom. The zero-order valence-electron chi connectivity index (χ0n) is 14.0. The Balaban J connectivity index is 1.53. The van der Waals surface area contributed by atoms with E-state index in [0.29, 0.717) is 0 Å². The number of benzene rings is 1. The fourth-order valence-corrected chi connectivity index (χ4v) is 4.89. The summed E-state index contributed by atoms with van der Waals surface area (Å²) in [6, 6.07) is 10.4. The van der Waals surface area contributed by atoms with Crippen LogP contribution >= 0.6 is 11.8 Å². The van der Waals surface area contributed by atoms with Gasteiger partial charge in [-0.05, 0) is 25.0 Å². The lowest BCUT2D eigenvalue weighted by atomic mass is 9.77. The second-order valence-corrected chi connectivity index (χ2v) is 7.82. The van der Waals surface area contributed by atoms with Crippen molar-refractivity contribution in [3.05, 3.63) is 30.3 Å². The lowest BCUT2D eigenvalue weighted by Crippen LogP contribution is -2.56. The fourth-order valence-electron chi connectivity index (χ4n) is 3.96. The molecule has 1 amide bonds. The van der Waals surface area contributed by atoms with E-state index < -0.39 is 17.4 Å². The van der Waals surface area contributed by atoms with Crippen LogP contribution in [0.2, 0.25) is 0 Å². The summed E-state index contributed by atoms with van der Waals surface area (Å²) in [6.45, 7) is 2.71. The van der Waals surface area contributed by atoms with Crippen LogP contribution in [-0.4, -0.2) is 64.8 Å². The van der Waals surface area contributed by atoms with E-state index in [2.05, 4.69) is 17.0 Å². The number of piperidine rings is 1. The van der Waals surface area contributed by atoms with Gasteiger partial charge in [0.1, 0.15) is 0 Å². The number of thioether (sulfide) groups is 1. The molecule has 0 radical (unpaired) electrons. The highest BCUT2D eigenvalue weighted by atomic mass is 32.2. The van der Waals surface area contributed by atoms with Crippen molar-refractivity contribution in [3.63, 3.8) is 0 Å². The molecule has 1 atom stereocenters. The molecule has 0 aromatic heterocycles. The van der Waals surface area contributed by atoms with Crippen molar-refractivity contribution in [1.29, 1.82) is 0 Å². The van der Waals surface area contributed by atoms with Gasteiger partial charge in [-0.1, -0.05) is 18.2 Å². The van der Waals surface area contributed by atoms with Crippen LogP contribution < -0.4 is 0 Å². The van der Waals surface area contributed by atoms with Crippen molar-refractivity contribution in [1.82, 2.24) is 9.80 Å². The van der Waals surface area contributed by atoms with Crippen molar-refractivity contribution in [3.8, 4) is 0 Å². The SMILES string of the molecule is CN1C(=O)C[C@@H](C(=O)O)C12CCN(CCSc1ccccc1)CC2. The number of amides is 1. The van der Waals surface area contributed by atoms with E-state index >= 15 is 0 Å². The molecular formula is C18H24N2O3S. The number of rotatable bonds is 5. The van der Waals surface area contributed by atoms with Gasteiger partial charge in [-0.2, -0.15) is 0 Å². The molecule has 2 aliphatic heterocycles. The van der Waals surface area contributed by atoms with Crippen LogP contribution in [0.15, 0.2) is 35.2 Å². The molecule has 0 bridgehead atoms. The first-order valence-electron chi connectivity index (χ1n) is 8.42. The fraction of sp³-hybridized carbons (Fsp3) is 0.556. The quantitative estimate of drug-likeness (QED) is 0.827. The van der Waals surface area contributed by atoms with Crippen LogP contribution in [-0.2, 0) is 9.59 Å². The molecule has 6 heteroatoms. The maximum Gasteiger partial charge on any atom is 0.309 e. The minimum Gasteiger partial charge on any atom is -0.481 e. The highest BCUT2D eigenvalue weighted by Gasteiger charge is 2.55. The molecule has 2 saturated heterocycles. The van der Waals surface area contributed by atoms with E-state index in [1.807, 2.05) is 30.0 Å². The molecule has 1 aromatic carbocycles. The molecule has 130 valence electrons. The van der Waals surface area contributed by atoms with Crippen LogP contribution in [0.3, 0.4) is 0 Å². The summed E-state index contributed by atoms with van der Waals surface area (Å²) in [7, 11) is 1.77. The first-order chi connectivity index (χ1) is 11.5. The predicted molar refractivity (Wildman–Crippen MR) is 94.1 cm³/mol. The molecule has 0 aliphatic carbocycles. The lowest BCUT2D eigenvalue weighted by Gasteiger charge is -2.45. The molecule has 2 fully saturated rings. The minimum atomic E-state index is -0.833. The number of hydrogen-bond acceptors (Lipinski definition) is 4. The maximum atomic E-state index is 12.0. The summed E-state index contributed by atoms with van der Waals surface area (Å²) < 4.78 is 0.